The first kappa shape index (κ1) is 19.7. The van der Waals surface area contributed by atoms with Gasteiger partial charge in [-0.25, -0.2) is 8.42 Å². The molecule has 1 saturated heterocycles. The summed E-state index contributed by atoms with van der Waals surface area (Å²) in [4.78, 5) is 30.6. The molecule has 2 rings (SSSR count). The van der Waals surface area contributed by atoms with Crippen molar-refractivity contribution in [1.82, 2.24) is 9.37 Å². The van der Waals surface area contributed by atoms with Crippen molar-refractivity contribution in [1.29, 1.82) is 0 Å². The Bertz CT molecular complexity index is 752. The van der Waals surface area contributed by atoms with Crippen molar-refractivity contribution in [3.63, 3.8) is 0 Å². The first-order chi connectivity index (χ1) is 11.8. The Hall–Kier alpha value is -1.62. The monoisotopic (exact) mass is 388 g/mol. The van der Waals surface area contributed by atoms with E-state index >= 15 is 0 Å². The number of carbonyl (C=O) groups excluding carboxylic acids is 2. The molecule has 0 spiro atoms. The van der Waals surface area contributed by atoms with Crippen LogP contribution < -0.4 is 0 Å². The highest BCUT2D eigenvalue weighted by atomic mass is 32.2. The number of esters is 1. The van der Waals surface area contributed by atoms with Gasteiger partial charge in [-0.1, -0.05) is 10.5 Å². The van der Waals surface area contributed by atoms with Crippen LogP contribution in [0.3, 0.4) is 0 Å². The van der Waals surface area contributed by atoms with Gasteiger partial charge in [-0.15, -0.1) is 11.8 Å². The Morgan fingerprint density at radius 3 is 2.68 bits per heavy atom. The van der Waals surface area contributed by atoms with Crippen LogP contribution in [0.5, 0.6) is 0 Å². The van der Waals surface area contributed by atoms with Gasteiger partial charge in [-0.2, -0.15) is 0 Å². The standard InChI is InChI=1S/C15H20N2O6S2/c1-16(23-3)25(20,21)12-6-4-5-11(9-12)14(18)17-7-8-24-13(10-17)15(19)22-2/h4-6,9,13H,7-8,10H2,1-3H3/t13-/m0/s1. The molecule has 1 aromatic rings. The predicted molar refractivity (Wildman–Crippen MR) is 92.6 cm³/mol. The number of amides is 1. The number of carbonyl (C=O) groups is 2. The van der Waals surface area contributed by atoms with Crippen LogP contribution in [0.15, 0.2) is 29.2 Å². The number of methoxy groups -OCH3 is 1. The van der Waals surface area contributed by atoms with E-state index in [-0.39, 0.29) is 28.9 Å². The summed E-state index contributed by atoms with van der Waals surface area (Å²) in [6.07, 6.45) is 0. The summed E-state index contributed by atoms with van der Waals surface area (Å²) in [7, 11) is -0.0205. The molecule has 1 atom stereocenters. The maximum Gasteiger partial charge on any atom is 0.320 e. The fourth-order valence-corrected chi connectivity index (χ4v) is 4.47. The van der Waals surface area contributed by atoms with Crippen molar-refractivity contribution in [2.24, 2.45) is 0 Å². The lowest BCUT2D eigenvalue weighted by molar-refractivity contribution is -0.140. The largest absolute Gasteiger partial charge is 0.468 e. The molecule has 10 heteroatoms. The van der Waals surface area contributed by atoms with Crippen LogP contribution in [-0.2, 0) is 24.4 Å². The summed E-state index contributed by atoms with van der Waals surface area (Å²) >= 11 is 1.44. The average molecular weight is 388 g/mol. The van der Waals surface area contributed by atoms with Gasteiger partial charge in [-0.05, 0) is 18.2 Å². The van der Waals surface area contributed by atoms with E-state index < -0.39 is 15.3 Å². The van der Waals surface area contributed by atoms with Gasteiger partial charge in [0.05, 0.1) is 19.1 Å². The summed E-state index contributed by atoms with van der Waals surface area (Å²) in [6, 6.07) is 5.75. The minimum absolute atomic E-state index is 0.0430. The molecule has 0 N–H and O–H groups in total. The molecule has 8 nitrogen and oxygen atoms in total. The van der Waals surface area contributed by atoms with Crippen molar-refractivity contribution in [2.75, 3.05) is 40.1 Å². The topological polar surface area (TPSA) is 93.2 Å². The fourth-order valence-electron chi connectivity index (χ4n) is 2.33. The zero-order valence-corrected chi connectivity index (χ0v) is 15.8. The lowest BCUT2D eigenvalue weighted by Gasteiger charge is -2.31. The normalized spacial score (nSPS) is 18.2. The molecule has 0 unspecified atom stereocenters. The molecule has 1 fully saturated rings. The highest BCUT2D eigenvalue weighted by Gasteiger charge is 2.30. The maximum atomic E-state index is 12.7. The van der Waals surface area contributed by atoms with Gasteiger partial charge in [-0.3, -0.25) is 14.4 Å². The molecule has 1 heterocycles. The van der Waals surface area contributed by atoms with Gasteiger partial charge in [0.2, 0.25) is 0 Å². The summed E-state index contributed by atoms with van der Waals surface area (Å²) in [5, 5.41) is -0.436. The van der Waals surface area contributed by atoms with Gasteiger partial charge >= 0.3 is 5.97 Å². The summed E-state index contributed by atoms with van der Waals surface area (Å²) in [5.74, 6) is -0.0949. The molecule has 1 amide bonds. The fraction of sp³-hybridized carbons (Fsp3) is 0.467. The summed E-state index contributed by atoms with van der Waals surface area (Å²) < 4.78 is 30.1. The number of thioether (sulfide) groups is 1. The Balaban J connectivity index is 2.23. The van der Waals surface area contributed by atoms with Gasteiger partial charge in [0, 0.05) is 31.5 Å². The van der Waals surface area contributed by atoms with Gasteiger partial charge in [0.25, 0.3) is 15.9 Å². The molecule has 1 aliphatic rings. The van der Waals surface area contributed by atoms with Gasteiger partial charge in [0.15, 0.2) is 0 Å². The zero-order chi connectivity index (χ0) is 18.6. The summed E-state index contributed by atoms with van der Waals surface area (Å²) in [5.41, 5.74) is 0.237. The molecule has 138 valence electrons. The third kappa shape index (κ3) is 4.32. The zero-order valence-electron chi connectivity index (χ0n) is 14.2. The van der Waals surface area contributed by atoms with E-state index in [1.807, 2.05) is 0 Å². The second-order valence-corrected chi connectivity index (χ2v) is 8.51. The van der Waals surface area contributed by atoms with Crippen LogP contribution in [0, 0.1) is 0 Å². The number of hydroxylamine groups is 1. The average Bonchev–Trinajstić information content (AvgIpc) is 2.66. The highest BCUT2D eigenvalue weighted by molar-refractivity contribution is 8.00. The summed E-state index contributed by atoms with van der Waals surface area (Å²) in [6.45, 7) is 0.705. The molecule has 25 heavy (non-hydrogen) atoms. The van der Waals surface area contributed by atoms with Crippen molar-refractivity contribution < 1.29 is 27.6 Å². The first-order valence-corrected chi connectivity index (χ1v) is 9.92. The number of benzene rings is 1. The first-order valence-electron chi connectivity index (χ1n) is 7.43. The number of ether oxygens (including phenoxy) is 1. The molecule has 0 aromatic heterocycles. The predicted octanol–water partition coefficient (Wildman–Crippen LogP) is 0.599. The van der Waals surface area contributed by atoms with Crippen molar-refractivity contribution >= 4 is 33.7 Å². The van der Waals surface area contributed by atoms with Crippen molar-refractivity contribution in [3.8, 4) is 0 Å². The van der Waals surface area contributed by atoms with E-state index in [9.17, 15) is 18.0 Å². The molecule has 0 radical (unpaired) electrons. The lowest BCUT2D eigenvalue weighted by Crippen LogP contribution is -2.45. The van der Waals surface area contributed by atoms with Crippen LogP contribution in [0.1, 0.15) is 10.4 Å². The molecule has 0 saturated carbocycles. The molecule has 0 aliphatic carbocycles. The molecule has 1 aliphatic heterocycles. The third-order valence-electron chi connectivity index (χ3n) is 3.79. The second kappa shape index (κ2) is 8.17. The third-order valence-corrected chi connectivity index (χ3v) is 6.63. The van der Waals surface area contributed by atoms with Gasteiger partial charge in [0.1, 0.15) is 5.25 Å². The lowest BCUT2D eigenvalue weighted by atomic mass is 10.2. The number of rotatable bonds is 5. The Morgan fingerprint density at radius 2 is 2.04 bits per heavy atom. The van der Waals surface area contributed by atoms with E-state index in [4.69, 9.17) is 9.57 Å². The van der Waals surface area contributed by atoms with E-state index in [0.717, 1.165) is 4.47 Å². The molecular weight excluding hydrogens is 368 g/mol. The van der Waals surface area contributed by atoms with E-state index in [0.29, 0.717) is 12.3 Å². The Labute approximate surface area is 151 Å². The minimum Gasteiger partial charge on any atom is -0.468 e. The number of nitrogens with zero attached hydrogens (tertiary/aromatic N) is 2. The Kier molecular flexibility index (Phi) is 6.44. The van der Waals surface area contributed by atoms with Crippen molar-refractivity contribution in [3.05, 3.63) is 29.8 Å². The SMILES string of the molecule is COC(=O)[C@@H]1CN(C(=O)c2cccc(S(=O)(=O)N(C)OC)c2)CCS1. The van der Waals surface area contributed by atoms with E-state index in [1.54, 1.807) is 6.07 Å². The van der Waals surface area contributed by atoms with Crippen molar-refractivity contribution in [2.45, 2.75) is 10.1 Å². The highest BCUT2D eigenvalue weighted by Crippen LogP contribution is 2.22. The van der Waals surface area contributed by atoms with Gasteiger partial charge < -0.3 is 9.64 Å². The molecule has 1 aromatic carbocycles. The quantitative estimate of drug-likeness (QED) is 0.539. The minimum atomic E-state index is -3.84. The van der Waals surface area contributed by atoms with Crippen LogP contribution in [0.2, 0.25) is 0 Å². The number of sulfonamides is 1. The number of hydrogen-bond acceptors (Lipinski definition) is 7. The maximum absolute atomic E-state index is 12.7. The van der Waals surface area contributed by atoms with E-state index in [1.165, 1.54) is 56.1 Å². The van der Waals surface area contributed by atoms with Crippen LogP contribution in [-0.4, -0.2) is 75.0 Å². The van der Waals surface area contributed by atoms with Crippen LogP contribution in [0.4, 0.5) is 0 Å². The molecular formula is C15H20N2O6S2. The molecule has 0 bridgehead atoms. The number of hydrogen-bond donors (Lipinski definition) is 0. The van der Waals surface area contributed by atoms with Crippen LogP contribution >= 0.6 is 11.8 Å². The second-order valence-electron chi connectivity index (χ2n) is 5.26. The van der Waals surface area contributed by atoms with Crippen LogP contribution in [0.25, 0.3) is 0 Å². The Morgan fingerprint density at radius 1 is 1.32 bits per heavy atom. The van der Waals surface area contributed by atoms with E-state index in [2.05, 4.69) is 0 Å². The smallest absolute Gasteiger partial charge is 0.320 e.